The molecule has 0 bridgehead atoms. The molecular formula is C24H21ClFNO3. The molecule has 0 unspecified atom stereocenters. The molecule has 3 rings (SSSR count). The van der Waals surface area contributed by atoms with Gasteiger partial charge < -0.3 is 10.1 Å². The van der Waals surface area contributed by atoms with Crippen LogP contribution >= 0.6 is 11.6 Å². The number of amides is 1. The molecule has 4 nitrogen and oxygen atoms in total. The van der Waals surface area contributed by atoms with E-state index in [0.29, 0.717) is 17.9 Å². The number of aldehydes is 1. The van der Waals surface area contributed by atoms with E-state index >= 15 is 0 Å². The number of halogens is 2. The van der Waals surface area contributed by atoms with Crippen LogP contribution in [0.25, 0.3) is 11.1 Å². The van der Waals surface area contributed by atoms with E-state index in [9.17, 15) is 14.0 Å². The highest BCUT2D eigenvalue weighted by Crippen LogP contribution is 2.28. The van der Waals surface area contributed by atoms with Crippen molar-refractivity contribution in [3.63, 3.8) is 0 Å². The Morgan fingerprint density at radius 1 is 1.10 bits per heavy atom. The van der Waals surface area contributed by atoms with E-state index < -0.39 is 11.7 Å². The number of carbonyl (C=O) groups excluding carboxylic acids is 2. The highest BCUT2D eigenvalue weighted by Gasteiger charge is 2.14. The van der Waals surface area contributed by atoms with Gasteiger partial charge in [-0.25, -0.2) is 4.39 Å². The van der Waals surface area contributed by atoms with Gasteiger partial charge in [0.15, 0.2) is 0 Å². The smallest absolute Gasteiger partial charge is 0.254 e. The van der Waals surface area contributed by atoms with Gasteiger partial charge in [0, 0.05) is 22.7 Å². The van der Waals surface area contributed by atoms with Crippen molar-refractivity contribution in [2.75, 3.05) is 6.61 Å². The first kappa shape index (κ1) is 21.5. The topological polar surface area (TPSA) is 55.4 Å². The van der Waals surface area contributed by atoms with Gasteiger partial charge in [-0.1, -0.05) is 42.8 Å². The highest BCUT2D eigenvalue weighted by atomic mass is 35.5. The maximum absolute atomic E-state index is 14.0. The minimum Gasteiger partial charge on any atom is -0.493 e. The number of carbonyl (C=O) groups is 2. The summed E-state index contributed by atoms with van der Waals surface area (Å²) in [6.07, 6.45) is 1.63. The molecule has 30 heavy (non-hydrogen) atoms. The molecule has 0 aromatic heterocycles. The van der Waals surface area contributed by atoms with Crippen molar-refractivity contribution in [1.29, 1.82) is 0 Å². The lowest BCUT2D eigenvalue weighted by Gasteiger charge is -2.14. The molecule has 0 heterocycles. The number of ether oxygens (including phenoxy) is 1. The summed E-state index contributed by atoms with van der Waals surface area (Å²) in [5.74, 6) is -0.579. The van der Waals surface area contributed by atoms with Crippen molar-refractivity contribution in [3.8, 4) is 16.9 Å². The Morgan fingerprint density at radius 3 is 2.63 bits per heavy atom. The van der Waals surface area contributed by atoms with Gasteiger partial charge in [0.1, 0.15) is 17.9 Å². The van der Waals surface area contributed by atoms with Crippen molar-refractivity contribution in [1.82, 2.24) is 5.32 Å². The van der Waals surface area contributed by atoms with Crippen molar-refractivity contribution in [2.24, 2.45) is 0 Å². The van der Waals surface area contributed by atoms with Crippen molar-refractivity contribution in [2.45, 2.75) is 19.9 Å². The SMILES string of the molecule is CCCOc1ccc(-c2cccc(C=O)c2)cc1CNC(=O)c1ccc(Cl)cc1F. The van der Waals surface area contributed by atoms with E-state index in [1.165, 1.54) is 12.1 Å². The normalized spacial score (nSPS) is 10.5. The van der Waals surface area contributed by atoms with E-state index in [1.54, 1.807) is 12.1 Å². The zero-order chi connectivity index (χ0) is 21.5. The Balaban J connectivity index is 1.86. The molecule has 0 aliphatic carbocycles. The first-order chi connectivity index (χ1) is 14.5. The van der Waals surface area contributed by atoms with Gasteiger partial charge in [-0.15, -0.1) is 0 Å². The number of benzene rings is 3. The Bertz CT molecular complexity index is 1070. The van der Waals surface area contributed by atoms with Crippen molar-refractivity contribution in [3.05, 3.63) is 88.2 Å². The molecule has 6 heteroatoms. The van der Waals surface area contributed by atoms with Crippen molar-refractivity contribution >= 4 is 23.8 Å². The lowest BCUT2D eigenvalue weighted by Crippen LogP contribution is -2.24. The molecule has 0 aliphatic heterocycles. The lowest BCUT2D eigenvalue weighted by molar-refractivity contribution is 0.0946. The zero-order valence-corrected chi connectivity index (χ0v) is 17.2. The van der Waals surface area contributed by atoms with Crippen LogP contribution in [0.4, 0.5) is 4.39 Å². The van der Waals surface area contributed by atoms with Crippen molar-refractivity contribution < 1.29 is 18.7 Å². The highest BCUT2D eigenvalue weighted by molar-refractivity contribution is 6.30. The molecule has 0 saturated heterocycles. The van der Waals surface area contributed by atoms with Gasteiger partial charge >= 0.3 is 0 Å². The second-order valence-electron chi connectivity index (χ2n) is 6.72. The molecule has 3 aromatic carbocycles. The summed E-state index contributed by atoms with van der Waals surface area (Å²) in [5, 5.41) is 2.96. The molecule has 1 amide bonds. The van der Waals surface area contributed by atoms with Gasteiger partial charge in [-0.05, 0) is 53.9 Å². The van der Waals surface area contributed by atoms with Crippen LogP contribution in [0.15, 0.2) is 60.7 Å². The molecule has 0 aliphatic rings. The second kappa shape index (κ2) is 10.0. The van der Waals surface area contributed by atoms with Crippen LogP contribution < -0.4 is 10.1 Å². The summed E-state index contributed by atoms with van der Waals surface area (Å²) in [6, 6.07) is 16.8. The third-order valence-electron chi connectivity index (χ3n) is 4.49. The van der Waals surface area contributed by atoms with Crippen LogP contribution in [0.5, 0.6) is 5.75 Å². The third kappa shape index (κ3) is 5.24. The maximum atomic E-state index is 14.0. The van der Waals surface area contributed by atoms with Crippen LogP contribution in [0, 0.1) is 5.82 Å². The standard InChI is InChI=1S/C24H21ClFNO3/c1-2-10-30-23-9-6-18(17-5-3-4-16(11-17)15-28)12-19(23)14-27-24(29)21-8-7-20(25)13-22(21)26/h3-9,11-13,15H,2,10,14H2,1H3,(H,27,29). The average Bonchev–Trinajstić information content (AvgIpc) is 2.76. The summed E-state index contributed by atoms with van der Waals surface area (Å²) < 4.78 is 19.8. The molecular weight excluding hydrogens is 405 g/mol. The van der Waals surface area contributed by atoms with Gasteiger partial charge in [0.25, 0.3) is 5.91 Å². The molecule has 1 N–H and O–H groups in total. The molecule has 3 aromatic rings. The molecule has 0 radical (unpaired) electrons. The van der Waals surface area contributed by atoms with Crippen LogP contribution in [-0.2, 0) is 6.54 Å². The Kier molecular flexibility index (Phi) is 7.20. The van der Waals surface area contributed by atoms with Gasteiger partial charge in [0.05, 0.1) is 12.2 Å². The summed E-state index contributed by atoms with van der Waals surface area (Å²) in [7, 11) is 0. The second-order valence-corrected chi connectivity index (χ2v) is 7.16. The van der Waals surface area contributed by atoms with Gasteiger partial charge in [-0.2, -0.15) is 0 Å². The van der Waals surface area contributed by atoms with Crippen LogP contribution in [0.1, 0.15) is 39.6 Å². The fraction of sp³-hybridized carbons (Fsp3) is 0.167. The fourth-order valence-corrected chi connectivity index (χ4v) is 3.14. The predicted octanol–water partition coefficient (Wildman–Crippen LogP) is 5.68. The predicted molar refractivity (Wildman–Crippen MR) is 116 cm³/mol. The van der Waals surface area contributed by atoms with Crippen LogP contribution in [0.3, 0.4) is 0 Å². The first-order valence-corrected chi connectivity index (χ1v) is 9.94. The summed E-state index contributed by atoms with van der Waals surface area (Å²) in [4.78, 5) is 23.5. The fourth-order valence-electron chi connectivity index (χ4n) is 2.99. The van der Waals surface area contributed by atoms with Crippen LogP contribution in [-0.4, -0.2) is 18.8 Å². The quantitative estimate of drug-likeness (QED) is 0.472. The van der Waals surface area contributed by atoms with Crippen LogP contribution in [0.2, 0.25) is 5.02 Å². The lowest BCUT2D eigenvalue weighted by atomic mass is 10.0. The van der Waals surface area contributed by atoms with E-state index in [-0.39, 0.29) is 17.1 Å². The zero-order valence-electron chi connectivity index (χ0n) is 16.5. The number of rotatable bonds is 8. The summed E-state index contributed by atoms with van der Waals surface area (Å²) >= 11 is 5.75. The van der Waals surface area contributed by atoms with Gasteiger partial charge in [0.2, 0.25) is 0 Å². The molecule has 154 valence electrons. The monoisotopic (exact) mass is 425 g/mol. The minimum absolute atomic E-state index is 0.0785. The first-order valence-electron chi connectivity index (χ1n) is 9.56. The number of hydrogen-bond donors (Lipinski definition) is 1. The summed E-state index contributed by atoms with van der Waals surface area (Å²) in [5.41, 5.74) is 3.00. The molecule has 0 atom stereocenters. The molecule has 0 saturated carbocycles. The Labute approximate surface area is 179 Å². The third-order valence-corrected chi connectivity index (χ3v) is 4.73. The van der Waals surface area contributed by atoms with E-state index in [1.807, 2.05) is 37.3 Å². The maximum Gasteiger partial charge on any atom is 0.254 e. The summed E-state index contributed by atoms with van der Waals surface area (Å²) in [6.45, 7) is 2.69. The molecule has 0 fully saturated rings. The Hall–Kier alpha value is -3.18. The van der Waals surface area contributed by atoms with E-state index in [2.05, 4.69) is 5.32 Å². The van der Waals surface area contributed by atoms with E-state index in [4.69, 9.17) is 16.3 Å². The largest absolute Gasteiger partial charge is 0.493 e. The van der Waals surface area contributed by atoms with E-state index in [0.717, 1.165) is 35.5 Å². The number of nitrogens with one attached hydrogen (secondary N) is 1. The average molecular weight is 426 g/mol. The number of hydrogen-bond acceptors (Lipinski definition) is 3. The Morgan fingerprint density at radius 2 is 1.90 bits per heavy atom. The molecule has 0 spiro atoms. The van der Waals surface area contributed by atoms with Gasteiger partial charge in [-0.3, -0.25) is 9.59 Å². The minimum atomic E-state index is -0.679.